The zero-order chi connectivity index (χ0) is 12.1. The molecule has 16 heavy (non-hydrogen) atoms. The molecule has 2 unspecified atom stereocenters. The van der Waals surface area contributed by atoms with E-state index in [0.29, 0.717) is 0 Å². The molecule has 3 amide bonds. The minimum atomic E-state index is -0.695. The second kappa shape index (κ2) is 6.06. The number of nitrogens with one attached hydrogen (secondary N) is 2. The predicted octanol–water partition coefficient (Wildman–Crippen LogP) is 0.534. The number of nitrogens with zero attached hydrogens (tertiary/aromatic N) is 1. The molecule has 0 aromatic rings. The van der Waals surface area contributed by atoms with Crippen LogP contribution in [-0.4, -0.2) is 48.4 Å². The van der Waals surface area contributed by atoms with Crippen molar-refractivity contribution < 1.29 is 9.59 Å². The highest BCUT2D eigenvalue weighted by atomic mass is 35.5. The number of halogens is 1. The molecule has 1 rings (SSSR count). The minimum Gasteiger partial charge on any atom is -0.334 e. The molecule has 0 bridgehead atoms. The molecule has 0 aromatic heterocycles. The summed E-state index contributed by atoms with van der Waals surface area (Å²) in [6.07, 6.45) is 2.00. The molecule has 0 saturated carbocycles. The number of likely N-dealkylation sites (N-methyl/N-ethyl adjacent to an activating group) is 1. The molecule has 1 heterocycles. The quantitative estimate of drug-likeness (QED) is 0.700. The lowest BCUT2D eigenvalue weighted by molar-refractivity contribution is -0.119. The highest BCUT2D eigenvalue weighted by molar-refractivity contribution is 6.31. The van der Waals surface area contributed by atoms with E-state index in [0.717, 1.165) is 25.9 Å². The zero-order valence-electron chi connectivity index (χ0n) is 9.62. The fourth-order valence-electron chi connectivity index (χ4n) is 1.72. The van der Waals surface area contributed by atoms with Crippen molar-refractivity contribution in [2.24, 2.45) is 0 Å². The van der Waals surface area contributed by atoms with Crippen molar-refractivity contribution in [3.05, 3.63) is 0 Å². The van der Waals surface area contributed by atoms with Gasteiger partial charge in [-0.3, -0.25) is 10.1 Å². The van der Waals surface area contributed by atoms with Crippen molar-refractivity contribution >= 4 is 23.5 Å². The lowest BCUT2D eigenvalue weighted by Crippen LogP contribution is -2.51. The van der Waals surface area contributed by atoms with E-state index < -0.39 is 17.3 Å². The van der Waals surface area contributed by atoms with Crippen molar-refractivity contribution in [1.82, 2.24) is 15.5 Å². The number of likely N-dealkylation sites (tertiary alicyclic amines) is 1. The van der Waals surface area contributed by atoms with Crippen LogP contribution in [0.5, 0.6) is 0 Å². The molecule has 92 valence electrons. The lowest BCUT2D eigenvalue weighted by Gasteiger charge is -2.30. The first-order valence-electron chi connectivity index (χ1n) is 5.43. The number of urea groups is 1. The smallest absolute Gasteiger partial charge is 0.321 e. The van der Waals surface area contributed by atoms with Crippen LogP contribution in [0.4, 0.5) is 4.79 Å². The third kappa shape index (κ3) is 4.37. The Bertz CT molecular complexity index is 271. The van der Waals surface area contributed by atoms with E-state index >= 15 is 0 Å². The number of rotatable bonds is 2. The third-order valence-electron chi connectivity index (χ3n) is 2.56. The van der Waals surface area contributed by atoms with E-state index in [1.54, 1.807) is 0 Å². The third-order valence-corrected chi connectivity index (χ3v) is 2.76. The number of hydrogen-bond acceptors (Lipinski definition) is 3. The molecule has 2 N–H and O–H groups in total. The first kappa shape index (κ1) is 13.3. The number of amides is 3. The van der Waals surface area contributed by atoms with Crippen LogP contribution in [0.15, 0.2) is 0 Å². The van der Waals surface area contributed by atoms with Crippen LogP contribution < -0.4 is 10.6 Å². The Morgan fingerprint density at radius 2 is 2.19 bits per heavy atom. The van der Waals surface area contributed by atoms with Crippen LogP contribution in [0.25, 0.3) is 0 Å². The van der Waals surface area contributed by atoms with Gasteiger partial charge in [0.2, 0.25) is 5.91 Å². The summed E-state index contributed by atoms with van der Waals surface area (Å²) in [4.78, 5) is 24.7. The van der Waals surface area contributed by atoms with Gasteiger partial charge in [-0.15, -0.1) is 11.6 Å². The SMILES string of the molecule is CC(Cl)C(=O)NC(=O)NC1CCCN(C)C1. The van der Waals surface area contributed by atoms with Gasteiger partial charge in [-0.1, -0.05) is 0 Å². The van der Waals surface area contributed by atoms with Crippen LogP contribution in [0.1, 0.15) is 19.8 Å². The minimum absolute atomic E-state index is 0.109. The summed E-state index contributed by atoms with van der Waals surface area (Å²) in [6, 6.07) is -0.352. The average molecular weight is 248 g/mol. The molecular weight excluding hydrogens is 230 g/mol. The molecule has 0 aromatic carbocycles. The van der Waals surface area contributed by atoms with Gasteiger partial charge in [0.25, 0.3) is 0 Å². The summed E-state index contributed by atoms with van der Waals surface area (Å²) < 4.78 is 0. The van der Waals surface area contributed by atoms with E-state index in [4.69, 9.17) is 11.6 Å². The fourth-order valence-corrected chi connectivity index (χ4v) is 1.77. The Morgan fingerprint density at radius 3 is 2.75 bits per heavy atom. The Morgan fingerprint density at radius 1 is 1.50 bits per heavy atom. The topological polar surface area (TPSA) is 61.4 Å². The monoisotopic (exact) mass is 247 g/mol. The largest absolute Gasteiger partial charge is 0.334 e. The van der Waals surface area contributed by atoms with E-state index in [2.05, 4.69) is 15.5 Å². The van der Waals surface area contributed by atoms with E-state index in [9.17, 15) is 9.59 Å². The molecular formula is C10H18ClN3O2. The maximum absolute atomic E-state index is 11.4. The number of carbonyl (C=O) groups excluding carboxylic acids is 2. The van der Waals surface area contributed by atoms with Gasteiger partial charge >= 0.3 is 6.03 Å². The van der Waals surface area contributed by atoms with E-state index in [1.807, 2.05) is 7.05 Å². The van der Waals surface area contributed by atoms with Gasteiger partial charge in [-0.2, -0.15) is 0 Å². The Labute approximate surface area is 101 Å². The van der Waals surface area contributed by atoms with Crippen LogP contribution in [0, 0.1) is 0 Å². The van der Waals surface area contributed by atoms with Crippen molar-refractivity contribution in [2.45, 2.75) is 31.2 Å². The van der Waals surface area contributed by atoms with E-state index in [-0.39, 0.29) is 6.04 Å². The molecule has 2 atom stereocenters. The van der Waals surface area contributed by atoms with Gasteiger partial charge in [0, 0.05) is 12.6 Å². The van der Waals surface area contributed by atoms with Crippen LogP contribution in [-0.2, 0) is 4.79 Å². The van der Waals surface area contributed by atoms with E-state index in [1.165, 1.54) is 6.92 Å². The van der Waals surface area contributed by atoms with Gasteiger partial charge < -0.3 is 10.2 Å². The Balaban J connectivity index is 2.31. The summed E-state index contributed by atoms with van der Waals surface area (Å²) in [5, 5.41) is 4.27. The van der Waals surface area contributed by atoms with Crippen molar-refractivity contribution in [3.8, 4) is 0 Å². The Hall–Kier alpha value is -0.810. The summed E-state index contributed by atoms with van der Waals surface area (Å²) in [7, 11) is 2.01. The van der Waals surface area contributed by atoms with Crippen molar-refractivity contribution in [2.75, 3.05) is 20.1 Å². The highest BCUT2D eigenvalue weighted by Crippen LogP contribution is 2.07. The first-order valence-corrected chi connectivity index (χ1v) is 5.86. The standard InChI is InChI=1S/C10H18ClN3O2/c1-7(11)9(15)13-10(16)12-8-4-3-5-14(2)6-8/h7-8H,3-6H2,1-2H3,(H2,12,13,15,16). The number of piperidine rings is 1. The molecule has 1 saturated heterocycles. The molecule has 5 nitrogen and oxygen atoms in total. The molecule has 0 radical (unpaired) electrons. The van der Waals surface area contributed by atoms with Crippen molar-refractivity contribution in [3.63, 3.8) is 0 Å². The average Bonchev–Trinajstić information content (AvgIpc) is 2.16. The van der Waals surface area contributed by atoms with Gasteiger partial charge in [0.15, 0.2) is 0 Å². The molecule has 1 fully saturated rings. The fraction of sp³-hybridized carbons (Fsp3) is 0.800. The molecule has 1 aliphatic rings. The summed E-state index contributed by atoms with van der Waals surface area (Å²) in [6.45, 7) is 3.40. The molecule has 6 heteroatoms. The number of alkyl halides is 1. The maximum atomic E-state index is 11.4. The van der Waals surface area contributed by atoms with Gasteiger partial charge in [0.1, 0.15) is 5.38 Å². The summed E-state index contributed by atoms with van der Waals surface area (Å²) in [5.74, 6) is -0.469. The summed E-state index contributed by atoms with van der Waals surface area (Å²) in [5.41, 5.74) is 0. The number of hydrogen-bond donors (Lipinski definition) is 2. The second-order valence-corrected chi connectivity index (χ2v) is 4.83. The molecule has 0 aliphatic carbocycles. The molecule has 0 spiro atoms. The van der Waals surface area contributed by atoms with Gasteiger partial charge in [0.05, 0.1) is 0 Å². The van der Waals surface area contributed by atoms with Crippen LogP contribution in [0.3, 0.4) is 0 Å². The van der Waals surface area contributed by atoms with Crippen molar-refractivity contribution in [1.29, 1.82) is 0 Å². The normalized spacial score (nSPS) is 23.6. The highest BCUT2D eigenvalue weighted by Gasteiger charge is 2.20. The lowest BCUT2D eigenvalue weighted by atomic mass is 10.1. The van der Waals surface area contributed by atoms with Gasteiger partial charge in [-0.05, 0) is 33.4 Å². The zero-order valence-corrected chi connectivity index (χ0v) is 10.4. The van der Waals surface area contributed by atoms with Crippen LogP contribution in [0.2, 0.25) is 0 Å². The maximum Gasteiger partial charge on any atom is 0.321 e. The second-order valence-electron chi connectivity index (χ2n) is 4.18. The van der Waals surface area contributed by atoms with Crippen LogP contribution >= 0.6 is 11.6 Å². The van der Waals surface area contributed by atoms with Gasteiger partial charge in [-0.25, -0.2) is 4.79 Å². The predicted molar refractivity (Wildman–Crippen MR) is 62.5 cm³/mol. The number of carbonyl (C=O) groups is 2. The number of imide groups is 1. The Kier molecular flexibility index (Phi) is 5.02. The molecule has 1 aliphatic heterocycles. The first-order chi connectivity index (χ1) is 7.49. The summed E-state index contributed by atoms with van der Waals surface area (Å²) >= 11 is 5.54.